The van der Waals surface area contributed by atoms with E-state index in [-0.39, 0.29) is 16.3 Å². The minimum Gasteiger partial charge on any atom is -0.497 e. The molecule has 0 heterocycles. The molecule has 0 bridgehead atoms. The first-order valence-corrected chi connectivity index (χ1v) is 9.12. The van der Waals surface area contributed by atoms with Crippen LogP contribution in [0.15, 0.2) is 53.4 Å². The topological polar surface area (TPSA) is 107 Å². The lowest BCUT2D eigenvalue weighted by atomic mass is 10.2. The van der Waals surface area contributed by atoms with Crippen LogP contribution in [0, 0.1) is 10.1 Å². The van der Waals surface area contributed by atoms with Crippen molar-refractivity contribution >= 4 is 38.2 Å². The van der Waals surface area contributed by atoms with Crippen molar-refractivity contribution < 1.29 is 22.9 Å². The van der Waals surface area contributed by atoms with Gasteiger partial charge in [-0.05, 0) is 48.9 Å². The summed E-state index contributed by atoms with van der Waals surface area (Å²) < 4.78 is 32.0. The number of non-ortho nitro benzene ring substituents is 1. The molecule has 0 amide bonds. The number of benzene rings is 2. The molecule has 0 radical (unpaired) electrons. The molecule has 8 nitrogen and oxygen atoms in total. The minimum absolute atomic E-state index is 0.166. The van der Waals surface area contributed by atoms with Gasteiger partial charge in [-0.3, -0.25) is 19.2 Å². The highest BCUT2D eigenvalue weighted by atomic mass is 35.5. The largest absolute Gasteiger partial charge is 0.497 e. The van der Waals surface area contributed by atoms with Crippen LogP contribution in [0.4, 0.5) is 11.4 Å². The fourth-order valence-electron chi connectivity index (χ4n) is 2.26. The first kappa shape index (κ1) is 19.7. The van der Waals surface area contributed by atoms with Gasteiger partial charge in [0, 0.05) is 12.1 Å². The van der Waals surface area contributed by atoms with Crippen molar-refractivity contribution in [3.05, 3.63) is 58.6 Å². The number of carbonyl (C=O) groups excluding carboxylic acids is 1. The number of hydrogen-bond donors (Lipinski definition) is 0. The Morgan fingerprint density at radius 1 is 1.23 bits per heavy atom. The molecule has 0 aliphatic rings. The number of halogens is 1. The molecule has 2 aromatic carbocycles. The van der Waals surface area contributed by atoms with E-state index < -0.39 is 26.2 Å². The first-order valence-electron chi connectivity index (χ1n) is 7.30. The summed E-state index contributed by atoms with van der Waals surface area (Å²) in [4.78, 5) is 21.6. The molecule has 0 aromatic heterocycles. The van der Waals surface area contributed by atoms with Crippen molar-refractivity contribution in [3.63, 3.8) is 0 Å². The summed E-state index contributed by atoms with van der Waals surface area (Å²) in [6, 6.07) is 9.29. The molecule has 0 aliphatic carbocycles. The SMILES string of the molecule is COc1ccc(N(C(C)C(=O)Cl)S(=O)(=O)c2cccc([N+](=O)[O-])c2)cc1. The van der Waals surface area contributed by atoms with E-state index in [9.17, 15) is 23.3 Å². The molecule has 0 saturated carbocycles. The van der Waals surface area contributed by atoms with Gasteiger partial charge in [0.25, 0.3) is 15.7 Å². The number of sulfonamides is 1. The van der Waals surface area contributed by atoms with E-state index in [1.165, 1.54) is 56.5 Å². The van der Waals surface area contributed by atoms with Crippen molar-refractivity contribution in [2.24, 2.45) is 0 Å². The van der Waals surface area contributed by atoms with Gasteiger partial charge in [-0.25, -0.2) is 8.42 Å². The van der Waals surface area contributed by atoms with Crippen molar-refractivity contribution in [2.45, 2.75) is 17.9 Å². The zero-order valence-electron chi connectivity index (χ0n) is 13.8. The van der Waals surface area contributed by atoms with Crippen LogP contribution in [0.5, 0.6) is 5.75 Å². The molecule has 0 saturated heterocycles. The molecular formula is C16H15ClN2O6S. The van der Waals surface area contributed by atoms with Gasteiger partial charge in [0.2, 0.25) is 5.24 Å². The van der Waals surface area contributed by atoms with Gasteiger partial charge in [0.15, 0.2) is 0 Å². The average Bonchev–Trinajstić information content (AvgIpc) is 2.62. The second kappa shape index (κ2) is 7.71. The van der Waals surface area contributed by atoms with Gasteiger partial charge >= 0.3 is 0 Å². The highest BCUT2D eigenvalue weighted by Crippen LogP contribution is 2.30. The number of anilines is 1. The maximum atomic E-state index is 13.1. The van der Waals surface area contributed by atoms with Gasteiger partial charge in [-0.2, -0.15) is 0 Å². The Balaban J connectivity index is 2.61. The van der Waals surface area contributed by atoms with Crippen LogP contribution >= 0.6 is 11.6 Å². The van der Waals surface area contributed by atoms with Crippen LogP contribution in [0.1, 0.15) is 6.92 Å². The van der Waals surface area contributed by atoms with E-state index in [1.807, 2.05) is 0 Å². The van der Waals surface area contributed by atoms with Crippen molar-refractivity contribution in [3.8, 4) is 5.75 Å². The fourth-order valence-corrected chi connectivity index (χ4v) is 4.08. The molecule has 1 atom stereocenters. The Bertz CT molecular complexity index is 930. The van der Waals surface area contributed by atoms with Crippen LogP contribution < -0.4 is 9.04 Å². The monoisotopic (exact) mass is 398 g/mol. The molecule has 2 rings (SSSR count). The molecule has 0 spiro atoms. The van der Waals surface area contributed by atoms with Crippen LogP contribution in [0.3, 0.4) is 0 Å². The third kappa shape index (κ3) is 3.94. The standard InChI is InChI=1S/C16H15ClN2O6S/c1-11(16(17)20)18(12-6-8-14(25-2)9-7-12)26(23,24)15-5-3-4-13(10-15)19(21)22/h3-11H,1-2H3. The lowest BCUT2D eigenvalue weighted by Crippen LogP contribution is -2.42. The molecule has 1 unspecified atom stereocenters. The summed E-state index contributed by atoms with van der Waals surface area (Å²) in [6.45, 7) is 1.33. The number of nitro groups is 1. The maximum Gasteiger partial charge on any atom is 0.270 e. The summed E-state index contributed by atoms with van der Waals surface area (Å²) in [5.41, 5.74) is -0.218. The van der Waals surface area contributed by atoms with Gasteiger partial charge in [-0.15, -0.1) is 0 Å². The van der Waals surface area contributed by atoms with Crippen molar-refractivity contribution in [2.75, 3.05) is 11.4 Å². The normalized spacial score (nSPS) is 12.3. The molecule has 0 N–H and O–H groups in total. The zero-order chi connectivity index (χ0) is 19.5. The molecule has 2 aromatic rings. The average molecular weight is 399 g/mol. The van der Waals surface area contributed by atoms with Crippen molar-refractivity contribution in [1.29, 1.82) is 0 Å². The predicted molar refractivity (Wildman–Crippen MR) is 96.1 cm³/mol. The number of carbonyl (C=O) groups is 1. The molecular weight excluding hydrogens is 384 g/mol. The van der Waals surface area contributed by atoms with E-state index in [1.54, 1.807) is 0 Å². The summed E-state index contributed by atoms with van der Waals surface area (Å²) in [7, 11) is -2.84. The van der Waals surface area contributed by atoms with Crippen LogP contribution in [-0.4, -0.2) is 31.7 Å². The van der Waals surface area contributed by atoms with Crippen LogP contribution in [0.2, 0.25) is 0 Å². The summed E-state index contributed by atoms with van der Waals surface area (Å²) in [5.74, 6) is 0.492. The van der Waals surface area contributed by atoms with Gasteiger partial charge in [-0.1, -0.05) is 6.07 Å². The third-order valence-electron chi connectivity index (χ3n) is 3.59. The lowest BCUT2D eigenvalue weighted by molar-refractivity contribution is -0.385. The second-order valence-electron chi connectivity index (χ2n) is 5.23. The van der Waals surface area contributed by atoms with Gasteiger partial charge < -0.3 is 4.74 Å². The number of nitro benzene ring substituents is 1. The number of methoxy groups -OCH3 is 1. The summed E-state index contributed by atoms with van der Waals surface area (Å²) in [5, 5.41) is 10.0. The highest BCUT2D eigenvalue weighted by Gasteiger charge is 2.33. The Kier molecular flexibility index (Phi) is 5.83. The Labute approximate surface area is 155 Å². The Morgan fingerprint density at radius 2 is 1.85 bits per heavy atom. The van der Waals surface area contributed by atoms with E-state index >= 15 is 0 Å². The van der Waals surface area contributed by atoms with E-state index in [4.69, 9.17) is 16.3 Å². The van der Waals surface area contributed by atoms with E-state index in [0.717, 1.165) is 10.4 Å². The van der Waals surface area contributed by atoms with Crippen molar-refractivity contribution in [1.82, 2.24) is 0 Å². The molecule has 138 valence electrons. The van der Waals surface area contributed by atoms with Gasteiger partial charge in [0.05, 0.1) is 22.6 Å². The summed E-state index contributed by atoms with van der Waals surface area (Å²) in [6.07, 6.45) is 0. The number of ether oxygens (including phenoxy) is 1. The second-order valence-corrected chi connectivity index (χ2v) is 7.42. The smallest absolute Gasteiger partial charge is 0.270 e. The summed E-state index contributed by atoms with van der Waals surface area (Å²) >= 11 is 5.53. The quantitative estimate of drug-likeness (QED) is 0.403. The maximum absolute atomic E-state index is 13.1. The number of nitrogens with zero attached hydrogens (tertiary/aromatic N) is 2. The predicted octanol–water partition coefficient (Wildman–Crippen LogP) is 2.95. The first-order chi connectivity index (χ1) is 12.2. The molecule has 0 fully saturated rings. The van der Waals surface area contributed by atoms with E-state index in [2.05, 4.69) is 0 Å². The van der Waals surface area contributed by atoms with Crippen LogP contribution in [0.25, 0.3) is 0 Å². The van der Waals surface area contributed by atoms with E-state index in [0.29, 0.717) is 5.75 Å². The third-order valence-corrected chi connectivity index (χ3v) is 5.80. The lowest BCUT2D eigenvalue weighted by Gasteiger charge is -2.28. The van der Waals surface area contributed by atoms with Gasteiger partial charge in [0.1, 0.15) is 11.8 Å². The minimum atomic E-state index is -4.29. The molecule has 10 heteroatoms. The highest BCUT2D eigenvalue weighted by molar-refractivity contribution is 7.93. The van der Waals surface area contributed by atoms with Crippen LogP contribution in [-0.2, 0) is 14.8 Å². The number of hydrogen-bond acceptors (Lipinski definition) is 6. The number of rotatable bonds is 7. The Hall–Kier alpha value is -2.65. The molecule has 0 aliphatic heterocycles. The zero-order valence-corrected chi connectivity index (χ0v) is 15.4. The Morgan fingerprint density at radius 3 is 2.35 bits per heavy atom. The molecule has 26 heavy (non-hydrogen) atoms. The fraction of sp³-hybridized carbons (Fsp3) is 0.188.